The summed E-state index contributed by atoms with van der Waals surface area (Å²) in [7, 11) is 0. The van der Waals surface area contributed by atoms with Crippen molar-refractivity contribution in [3.63, 3.8) is 0 Å². The fraction of sp³-hybridized carbons (Fsp3) is 0.250. The van der Waals surface area contributed by atoms with Gasteiger partial charge in [0.25, 0.3) is 5.76 Å². The maximum Gasteiger partial charge on any atom is 0.521 e. The first kappa shape index (κ1) is 7.83. The molecule has 0 N–H and O–H groups in total. The molecule has 0 spiro atoms. The molecule has 62 valence electrons. The number of rotatable bonds is 0. The Balaban J connectivity index is 3.24. The van der Waals surface area contributed by atoms with Crippen LogP contribution in [0.2, 0.25) is 0 Å². The van der Waals surface area contributed by atoms with E-state index in [1.165, 1.54) is 0 Å². The van der Waals surface area contributed by atoms with E-state index in [1.54, 1.807) is 0 Å². The first-order chi connectivity index (χ1) is 4.91. The van der Waals surface area contributed by atoms with Gasteiger partial charge in [0.15, 0.2) is 0 Å². The summed E-state index contributed by atoms with van der Waals surface area (Å²) in [5.41, 5.74) is 0. The highest BCUT2D eigenvalue weighted by Crippen LogP contribution is 2.30. The Labute approximate surface area is 56.2 Å². The van der Waals surface area contributed by atoms with Crippen LogP contribution in [-0.4, -0.2) is 0 Å². The molecule has 11 heavy (non-hydrogen) atoms. The van der Waals surface area contributed by atoms with Gasteiger partial charge >= 0.3 is 18.0 Å². The normalized spacial score (nSPS) is 12.0. The van der Waals surface area contributed by atoms with E-state index in [9.17, 15) is 22.4 Å². The van der Waals surface area contributed by atoms with Gasteiger partial charge in [-0.1, -0.05) is 0 Å². The standard InChI is InChI=1S/C4F4O3/c5-2-1(4(6,7)8)10-3(9)11-2. The van der Waals surface area contributed by atoms with Crippen molar-refractivity contribution in [2.45, 2.75) is 6.18 Å². The lowest BCUT2D eigenvalue weighted by molar-refractivity contribution is -0.156. The molecule has 0 aliphatic rings. The highest BCUT2D eigenvalue weighted by atomic mass is 19.4. The van der Waals surface area contributed by atoms with Gasteiger partial charge in [-0.3, -0.25) is 0 Å². The van der Waals surface area contributed by atoms with Gasteiger partial charge in [-0.2, -0.15) is 17.6 Å². The number of hydrogen-bond acceptors (Lipinski definition) is 3. The molecule has 0 amide bonds. The molecule has 1 heterocycles. The lowest BCUT2D eigenvalue weighted by Crippen LogP contribution is -2.05. The predicted octanol–water partition coefficient (Wildman–Crippen LogP) is 1.39. The van der Waals surface area contributed by atoms with E-state index in [4.69, 9.17) is 0 Å². The molecule has 0 saturated carbocycles. The molecule has 0 unspecified atom stereocenters. The van der Waals surface area contributed by atoms with Crippen molar-refractivity contribution in [1.82, 2.24) is 0 Å². The van der Waals surface area contributed by atoms with Crippen LogP contribution >= 0.6 is 0 Å². The van der Waals surface area contributed by atoms with E-state index >= 15 is 0 Å². The quantitative estimate of drug-likeness (QED) is 0.555. The van der Waals surface area contributed by atoms with Gasteiger partial charge in [0.1, 0.15) is 0 Å². The third-order valence-corrected chi connectivity index (χ3v) is 0.794. The van der Waals surface area contributed by atoms with E-state index in [0.717, 1.165) is 0 Å². The SMILES string of the molecule is O=c1oc(F)c(C(F)(F)F)o1. The van der Waals surface area contributed by atoms with E-state index in [2.05, 4.69) is 8.83 Å². The third kappa shape index (κ3) is 1.41. The van der Waals surface area contributed by atoms with Crippen LogP contribution in [0, 0.1) is 6.01 Å². The molecule has 0 aliphatic carbocycles. The van der Waals surface area contributed by atoms with Crippen molar-refractivity contribution in [2.75, 3.05) is 0 Å². The molecule has 7 heteroatoms. The molecule has 0 aliphatic heterocycles. The van der Waals surface area contributed by atoms with Crippen LogP contribution < -0.4 is 5.82 Å². The molecule has 0 radical (unpaired) electrons. The fourth-order valence-electron chi connectivity index (χ4n) is 0.433. The van der Waals surface area contributed by atoms with Crippen LogP contribution in [-0.2, 0) is 6.18 Å². The van der Waals surface area contributed by atoms with Gasteiger partial charge in [0, 0.05) is 0 Å². The van der Waals surface area contributed by atoms with Gasteiger partial charge in [0.2, 0.25) is 0 Å². The Morgan fingerprint density at radius 2 is 1.73 bits per heavy atom. The largest absolute Gasteiger partial charge is 0.521 e. The summed E-state index contributed by atoms with van der Waals surface area (Å²) >= 11 is 0. The molecule has 0 saturated heterocycles. The van der Waals surface area contributed by atoms with E-state index in [0.29, 0.717) is 0 Å². The molecule has 0 bridgehead atoms. The van der Waals surface area contributed by atoms with Crippen molar-refractivity contribution >= 4 is 0 Å². The van der Waals surface area contributed by atoms with Gasteiger partial charge in [-0.05, 0) is 0 Å². The van der Waals surface area contributed by atoms with Crippen LogP contribution in [0.1, 0.15) is 5.76 Å². The Morgan fingerprint density at radius 3 is 1.91 bits per heavy atom. The highest BCUT2D eigenvalue weighted by Gasteiger charge is 2.41. The second kappa shape index (κ2) is 2.11. The van der Waals surface area contributed by atoms with Crippen LogP contribution in [0.25, 0.3) is 0 Å². The Morgan fingerprint density at radius 1 is 1.18 bits per heavy atom. The summed E-state index contributed by atoms with van der Waals surface area (Å²) in [6.45, 7) is 0. The maximum absolute atomic E-state index is 11.9. The zero-order valence-electron chi connectivity index (χ0n) is 4.74. The van der Waals surface area contributed by atoms with Crippen molar-refractivity contribution in [3.8, 4) is 0 Å². The second-order valence-electron chi connectivity index (χ2n) is 1.55. The maximum atomic E-state index is 11.9. The summed E-state index contributed by atoms with van der Waals surface area (Å²) in [5, 5.41) is 0. The minimum atomic E-state index is -5.03. The smallest absolute Gasteiger partial charge is 0.383 e. The van der Waals surface area contributed by atoms with Crippen LogP contribution in [0.4, 0.5) is 17.6 Å². The Kier molecular flexibility index (Phi) is 1.50. The van der Waals surface area contributed by atoms with E-state index < -0.39 is 23.8 Å². The first-order valence-electron chi connectivity index (χ1n) is 2.28. The average molecular weight is 172 g/mol. The molecule has 0 fully saturated rings. The molecule has 1 rings (SSSR count). The van der Waals surface area contributed by atoms with E-state index in [1.807, 2.05) is 0 Å². The molecule has 1 aromatic heterocycles. The lowest BCUT2D eigenvalue weighted by atomic mass is 10.5. The van der Waals surface area contributed by atoms with Crippen molar-refractivity contribution in [3.05, 3.63) is 22.4 Å². The van der Waals surface area contributed by atoms with Crippen LogP contribution in [0.3, 0.4) is 0 Å². The summed E-state index contributed by atoms with van der Waals surface area (Å²) in [4.78, 5) is 9.88. The zero-order chi connectivity index (χ0) is 8.65. The summed E-state index contributed by atoms with van der Waals surface area (Å²) in [5.74, 6) is -3.75. The molecule has 0 atom stereocenters. The van der Waals surface area contributed by atoms with Crippen molar-refractivity contribution in [2.24, 2.45) is 0 Å². The van der Waals surface area contributed by atoms with Gasteiger partial charge in [-0.25, -0.2) is 4.79 Å². The predicted molar refractivity (Wildman–Crippen MR) is 22.2 cm³/mol. The van der Waals surface area contributed by atoms with Gasteiger partial charge in [0.05, 0.1) is 0 Å². The lowest BCUT2D eigenvalue weighted by Gasteiger charge is -1.97. The van der Waals surface area contributed by atoms with Crippen molar-refractivity contribution < 1.29 is 26.4 Å². The topological polar surface area (TPSA) is 43.4 Å². The minimum absolute atomic E-state index is 1.71. The molecule has 3 nitrogen and oxygen atoms in total. The zero-order valence-corrected chi connectivity index (χ0v) is 4.74. The Hall–Kier alpha value is -1.27. The minimum Gasteiger partial charge on any atom is -0.383 e. The number of hydrogen-bond donors (Lipinski definition) is 0. The summed E-state index contributed by atoms with van der Waals surface area (Å²) in [6, 6.07) is -2.05. The van der Waals surface area contributed by atoms with Crippen LogP contribution in [0.15, 0.2) is 13.6 Å². The van der Waals surface area contributed by atoms with Gasteiger partial charge in [-0.15, -0.1) is 0 Å². The first-order valence-corrected chi connectivity index (χ1v) is 2.28. The van der Waals surface area contributed by atoms with Gasteiger partial charge < -0.3 is 8.83 Å². The summed E-state index contributed by atoms with van der Waals surface area (Å²) in [6.07, 6.45) is -5.03. The molecule has 0 aromatic carbocycles. The molecule has 1 aromatic rings. The third-order valence-electron chi connectivity index (χ3n) is 0.794. The highest BCUT2D eigenvalue weighted by molar-refractivity contribution is 4.93. The van der Waals surface area contributed by atoms with Crippen molar-refractivity contribution in [1.29, 1.82) is 0 Å². The van der Waals surface area contributed by atoms with E-state index in [-0.39, 0.29) is 0 Å². The summed E-state index contributed by atoms with van der Waals surface area (Å²) < 4.78 is 53.2. The fourth-order valence-corrected chi connectivity index (χ4v) is 0.433. The molecular formula is C4F4O3. The number of alkyl halides is 3. The monoisotopic (exact) mass is 172 g/mol. The van der Waals surface area contributed by atoms with Crippen LogP contribution in [0.5, 0.6) is 0 Å². The number of halogens is 4. The Bertz CT molecular complexity index is 306. The second-order valence-corrected chi connectivity index (χ2v) is 1.55. The molecular weight excluding hydrogens is 172 g/mol. The average Bonchev–Trinajstić information content (AvgIpc) is 2.08.